The summed E-state index contributed by atoms with van der Waals surface area (Å²) >= 11 is 0. The molecule has 2 aliphatic rings. The van der Waals surface area contributed by atoms with Gasteiger partial charge in [-0.25, -0.2) is 15.0 Å². The molecule has 2 heterocycles. The topological polar surface area (TPSA) is 51.8 Å². The van der Waals surface area contributed by atoms with Crippen molar-refractivity contribution < 1.29 is 4.42 Å². The van der Waals surface area contributed by atoms with Crippen LogP contribution in [0.15, 0.2) is 126 Å². The van der Waals surface area contributed by atoms with Gasteiger partial charge in [-0.2, -0.15) is 0 Å². The number of nitrogens with zero attached hydrogens (tertiary/aromatic N) is 3. The van der Waals surface area contributed by atoms with Crippen LogP contribution in [0.5, 0.6) is 0 Å². The van der Waals surface area contributed by atoms with E-state index in [9.17, 15) is 0 Å². The zero-order valence-electron chi connectivity index (χ0n) is 26.2. The number of rotatable bonds is 4. The van der Waals surface area contributed by atoms with Gasteiger partial charge in [-0.3, -0.25) is 0 Å². The Morgan fingerprint density at radius 1 is 0.587 bits per heavy atom. The maximum atomic E-state index is 6.46. The fraction of sp³-hybridized carbons (Fsp3) is 0.214. The number of hydrogen-bond acceptors (Lipinski definition) is 4. The lowest BCUT2D eigenvalue weighted by molar-refractivity contribution is 0.213. The summed E-state index contributed by atoms with van der Waals surface area (Å²) in [4.78, 5) is 14.7. The van der Waals surface area contributed by atoms with Crippen LogP contribution in [0.25, 0.3) is 56.1 Å². The van der Waals surface area contributed by atoms with Crippen molar-refractivity contribution in [1.82, 2.24) is 15.0 Å². The van der Waals surface area contributed by atoms with Gasteiger partial charge in [0.1, 0.15) is 11.2 Å². The highest BCUT2D eigenvalue weighted by Crippen LogP contribution is 2.58. The Bertz CT molecular complexity index is 2180. The Morgan fingerprint density at radius 2 is 1.24 bits per heavy atom. The highest BCUT2D eigenvalue weighted by molar-refractivity contribution is 6.06. The fourth-order valence-corrected chi connectivity index (χ4v) is 8.38. The molecule has 2 aromatic heterocycles. The van der Waals surface area contributed by atoms with Crippen molar-refractivity contribution in [2.45, 2.75) is 50.4 Å². The van der Waals surface area contributed by atoms with Gasteiger partial charge < -0.3 is 4.42 Å². The molecule has 9 rings (SSSR count). The minimum atomic E-state index is 0.207. The summed E-state index contributed by atoms with van der Waals surface area (Å²) in [6, 6.07) is 42.6. The van der Waals surface area contributed by atoms with Crippen LogP contribution in [-0.4, -0.2) is 15.0 Å². The first-order valence-electron chi connectivity index (χ1n) is 16.5. The molecule has 46 heavy (non-hydrogen) atoms. The average molecular weight is 598 g/mol. The molecule has 0 spiro atoms. The highest BCUT2D eigenvalue weighted by atomic mass is 16.3. The van der Waals surface area contributed by atoms with Gasteiger partial charge in [-0.15, -0.1) is 0 Å². The number of fused-ring (bicyclic) bond motifs is 6. The van der Waals surface area contributed by atoms with E-state index in [1.54, 1.807) is 11.1 Å². The second kappa shape index (κ2) is 10.5. The van der Waals surface area contributed by atoms with E-state index in [1.807, 2.05) is 60.7 Å². The smallest absolute Gasteiger partial charge is 0.164 e. The standard InChI is InChI=1S/C42H35N3O/c1-42(2)35-16-10-9-15-31(35)32-20-17-29(24-36(32)42)28-19-22-37-34(23-28)33-21-18-30(25-38(33)46-37)41-44-39(26-11-5-3-6-12-26)43-40(45-41)27-13-7-4-8-14-27/h3-16,18-19,21-23,25,29,32,36H,17,20,24H2,1-2H3. The summed E-state index contributed by atoms with van der Waals surface area (Å²) in [7, 11) is 0. The van der Waals surface area contributed by atoms with Gasteiger partial charge in [0.25, 0.3) is 0 Å². The summed E-state index contributed by atoms with van der Waals surface area (Å²) in [6.07, 6.45) is 3.71. The van der Waals surface area contributed by atoms with Gasteiger partial charge >= 0.3 is 0 Å². The summed E-state index contributed by atoms with van der Waals surface area (Å²) in [5.41, 5.74) is 9.38. The predicted molar refractivity (Wildman–Crippen MR) is 186 cm³/mol. The van der Waals surface area contributed by atoms with Crippen molar-refractivity contribution in [2.24, 2.45) is 5.92 Å². The molecule has 3 unspecified atom stereocenters. The molecule has 224 valence electrons. The van der Waals surface area contributed by atoms with Crippen LogP contribution in [0.3, 0.4) is 0 Å². The monoisotopic (exact) mass is 597 g/mol. The Morgan fingerprint density at radius 3 is 1.96 bits per heavy atom. The normalized spacial score (nSPS) is 20.1. The lowest BCUT2D eigenvalue weighted by atomic mass is 9.65. The van der Waals surface area contributed by atoms with Crippen molar-refractivity contribution in [3.63, 3.8) is 0 Å². The number of furan rings is 1. The van der Waals surface area contributed by atoms with Crippen LogP contribution in [0.4, 0.5) is 0 Å². The molecule has 0 N–H and O–H groups in total. The van der Waals surface area contributed by atoms with E-state index in [1.165, 1.54) is 30.2 Å². The molecule has 1 saturated carbocycles. The third-order valence-electron chi connectivity index (χ3n) is 10.8. The average Bonchev–Trinajstić information content (AvgIpc) is 3.59. The maximum Gasteiger partial charge on any atom is 0.164 e. The van der Waals surface area contributed by atoms with Crippen LogP contribution >= 0.6 is 0 Å². The molecule has 3 atom stereocenters. The minimum Gasteiger partial charge on any atom is -0.456 e. The number of hydrogen-bond donors (Lipinski definition) is 0. The minimum absolute atomic E-state index is 0.207. The lowest BCUT2D eigenvalue weighted by Gasteiger charge is -2.39. The molecular weight excluding hydrogens is 562 g/mol. The Labute approximate surface area is 269 Å². The molecule has 1 fully saturated rings. The van der Waals surface area contributed by atoms with Crippen LogP contribution < -0.4 is 0 Å². The van der Waals surface area contributed by atoms with Gasteiger partial charge in [-0.1, -0.05) is 111 Å². The summed E-state index contributed by atoms with van der Waals surface area (Å²) in [6.45, 7) is 4.92. The number of benzene rings is 5. The Kier molecular flexibility index (Phi) is 6.21. The molecule has 7 aromatic rings. The van der Waals surface area contributed by atoms with Gasteiger partial charge in [0.15, 0.2) is 17.5 Å². The molecule has 2 aliphatic carbocycles. The fourth-order valence-electron chi connectivity index (χ4n) is 8.38. The van der Waals surface area contributed by atoms with Gasteiger partial charge in [0, 0.05) is 27.5 Å². The molecule has 0 bridgehead atoms. The molecule has 0 radical (unpaired) electrons. The second-order valence-corrected chi connectivity index (χ2v) is 13.6. The zero-order chi connectivity index (χ0) is 30.8. The van der Waals surface area contributed by atoms with Crippen LogP contribution in [-0.2, 0) is 5.41 Å². The third-order valence-corrected chi connectivity index (χ3v) is 10.8. The van der Waals surface area contributed by atoms with E-state index in [2.05, 4.69) is 74.5 Å². The molecular formula is C42H35N3O. The highest BCUT2D eigenvalue weighted by Gasteiger charge is 2.48. The van der Waals surface area contributed by atoms with E-state index in [4.69, 9.17) is 19.4 Å². The van der Waals surface area contributed by atoms with Gasteiger partial charge in [-0.05, 0) is 83.4 Å². The first kappa shape index (κ1) is 27.2. The third kappa shape index (κ3) is 4.39. The molecule has 4 heteroatoms. The van der Waals surface area contributed by atoms with Crippen molar-refractivity contribution >= 4 is 21.9 Å². The second-order valence-electron chi connectivity index (χ2n) is 13.6. The van der Waals surface area contributed by atoms with E-state index in [0.717, 1.165) is 33.2 Å². The number of aromatic nitrogens is 3. The van der Waals surface area contributed by atoms with Gasteiger partial charge in [0.05, 0.1) is 0 Å². The molecule has 0 saturated heterocycles. The first-order valence-corrected chi connectivity index (χ1v) is 16.5. The Balaban J connectivity index is 1.07. The van der Waals surface area contributed by atoms with E-state index in [-0.39, 0.29) is 5.41 Å². The van der Waals surface area contributed by atoms with Crippen molar-refractivity contribution in [2.75, 3.05) is 0 Å². The van der Waals surface area contributed by atoms with Crippen molar-refractivity contribution in [3.05, 3.63) is 138 Å². The molecule has 4 nitrogen and oxygen atoms in total. The van der Waals surface area contributed by atoms with Crippen molar-refractivity contribution in [1.29, 1.82) is 0 Å². The summed E-state index contributed by atoms with van der Waals surface area (Å²) in [5, 5.41) is 2.31. The van der Waals surface area contributed by atoms with E-state index < -0.39 is 0 Å². The van der Waals surface area contributed by atoms with E-state index in [0.29, 0.717) is 35.2 Å². The van der Waals surface area contributed by atoms with Crippen LogP contribution in [0.2, 0.25) is 0 Å². The quantitative estimate of drug-likeness (QED) is 0.203. The lowest BCUT2D eigenvalue weighted by Crippen LogP contribution is -2.30. The molecule has 0 amide bonds. The zero-order valence-corrected chi connectivity index (χ0v) is 26.2. The largest absolute Gasteiger partial charge is 0.456 e. The first-order chi connectivity index (χ1) is 22.5. The van der Waals surface area contributed by atoms with Crippen LogP contribution in [0, 0.1) is 5.92 Å². The molecule has 5 aromatic carbocycles. The molecule has 0 aliphatic heterocycles. The van der Waals surface area contributed by atoms with E-state index >= 15 is 0 Å². The predicted octanol–water partition coefficient (Wildman–Crippen LogP) is 10.7. The maximum absolute atomic E-state index is 6.46. The van der Waals surface area contributed by atoms with Crippen molar-refractivity contribution in [3.8, 4) is 34.2 Å². The summed E-state index contributed by atoms with van der Waals surface area (Å²) < 4.78 is 6.46. The SMILES string of the molecule is CC1(C)c2ccccc2C2CCC(c3ccc4oc5cc(-c6nc(-c7ccccc7)nc(-c7ccccc7)n6)ccc5c4c3)CC21. The summed E-state index contributed by atoms with van der Waals surface area (Å²) in [5.74, 6) is 3.85. The van der Waals surface area contributed by atoms with Gasteiger partial charge in [0.2, 0.25) is 0 Å². The van der Waals surface area contributed by atoms with Crippen LogP contribution in [0.1, 0.15) is 61.6 Å². The Hall–Kier alpha value is -5.09.